The number of hydrogen-bond acceptors (Lipinski definition) is 4. The molecular weight excluding hydrogens is 430 g/mol. The molecule has 3 rings (SSSR count). The van der Waals surface area contributed by atoms with Gasteiger partial charge in [-0.2, -0.15) is 13.2 Å². The van der Waals surface area contributed by atoms with Gasteiger partial charge in [0.05, 0.1) is 24.3 Å². The fourth-order valence-electron chi connectivity index (χ4n) is 3.48. The molecular formula is C22H23F4N3O3. The maximum Gasteiger partial charge on any atom is 0.418 e. The number of nitrogens with one attached hydrogen (secondary N) is 2. The predicted molar refractivity (Wildman–Crippen MR) is 111 cm³/mol. The van der Waals surface area contributed by atoms with Crippen molar-refractivity contribution < 1.29 is 31.9 Å². The van der Waals surface area contributed by atoms with Gasteiger partial charge in [-0.1, -0.05) is 0 Å². The van der Waals surface area contributed by atoms with E-state index in [4.69, 9.17) is 4.74 Å². The first kappa shape index (κ1) is 23.5. The lowest BCUT2D eigenvalue weighted by molar-refractivity contribution is -0.141. The van der Waals surface area contributed by atoms with Gasteiger partial charge in [-0.3, -0.25) is 9.59 Å². The third-order valence-corrected chi connectivity index (χ3v) is 4.89. The van der Waals surface area contributed by atoms with Crippen LogP contribution in [0.3, 0.4) is 0 Å². The number of morpholine rings is 1. The van der Waals surface area contributed by atoms with Crippen molar-refractivity contribution in [1.29, 1.82) is 0 Å². The standard InChI is InChI=1S/C22H23F4N3O3/c1-13-11-29(12-14(2)32-13)20(30)10-27-19-8-7-17(9-18(19)22(24,25)26)28-21(31)15-3-5-16(23)6-4-15/h3-9,13-14,27H,10-12H2,1-2H3,(H,28,31). The SMILES string of the molecule is CC1CN(C(=O)CNc2ccc(NC(=O)c3ccc(F)cc3)cc2C(F)(F)F)CC(C)O1. The molecule has 6 nitrogen and oxygen atoms in total. The second kappa shape index (κ2) is 9.56. The molecule has 2 N–H and O–H groups in total. The Morgan fingerprint density at radius 1 is 1.06 bits per heavy atom. The van der Waals surface area contributed by atoms with Crippen molar-refractivity contribution in [2.24, 2.45) is 0 Å². The lowest BCUT2D eigenvalue weighted by Gasteiger charge is -2.35. The minimum absolute atomic E-state index is 0.0839. The fourth-order valence-corrected chi connectivity index (χ4v) is 3.48. The molecule has 2 aromatic carbocycles. The van der Waals surface area contributed by atoms with Gasteiger partial charge in [0.1, 0.15) is 5.82 Å². The van der Waals surface area contributed by atoms with E-state index in [1.165, 1.54) is 18.2 Å². The van der Waals surface area contributed by atoms with Crippen molar-refractivity contribution >= 4 is 23.2 Å². The molecule has 2 unspecified atom stereocenters. The highest BCUT2D eigenvalue weighted by Gasteiger charge is 2.34. The van der Waals surface area contributed by atoms with Gasteiger partial charge >= 0.3 is 6.18 Å². The van der Waals surface area contributed by atoms with E-state index in [1.54, 1.807) is 4.90 Å². The highest BCUT2D eigenvalue weighted by atomic mass is 19.4. The first-order valence-electron chi connectivity index (χ1n) is 9.98. The molecule has 1 aliphatic rings. The first-order valence-corrected chi connectivity index (χ1v) is 9.98. The average Bonchev–Trinajstić information content (AvgIpc) is 2.71. The molecule has 10 heteroatoms. The zero-order chi connectivity index (χ0) is 23.5. The van der Waals surface area contributed by atoms with E-state index < -0.39 is 23.5 Å². The van der Waals surface area contributed by atoms with E-state index in [0.29, 0.717) is 13.1 Å². The zero-order valence-electron chi connectivity index (χ0n) is 17.5. The zero-order valence-corrected chi connectivity index (χ0v) is 17.5. The van der Waals surface area contributed by atoms with Crippen LogP contribution in [0.4, 0.5) is 28.9 Å². The summed E-state index contributed by atoms with van der Waals surface area (Å²) in [6.45, 7) is 4.06. The molecule has 2 atom stereocenters. The van der Waals surface area contributed by atoms with Crippen molar-refractivity contribution in [3.8, 4) is 0 Å². The molecule has 2 amide bonds. The van der Waals surface area contributed by atoms with Crippen LogP contribution < -0.4 is 10.6 Å². The number of hydrogen-bond donors (Lipinski definition) is 2. The summed E-state index contributed by atoms with van der Waals surface area (Å²) in [7, 11) is 0. The number of alkyl halides is 3. The van der Waals surface area contributed by atoms with E-state index in [2.05, 4.69) is 10.6 Å². The molecule has 2 aromatic rings. The van der Waals surface area contributed by atoms with E-state index in [1.807, 2.05) is 13.8 Å². The summed E-state index contributed by atoms with van der Waals surface area (Å²) in [6.07, 6.45) is -5.03. The Labute approximate surface area is 182 Å². The maximum atomic E-state index is 13.6. The average molecular weight is 453 g/mol. The van der Waals surface area contributed by atoms with Gasteiger partial charge in [-0.05, 0) is 56.3 Å². The number of carbonyl (C=O) groups excluding carboxylic acids is 2. The largest absolute Gasteiger partial charge is 0.418 e. The third kappa shape index (κ3) is 5.97. The van der Waals surface area contributed by atoms with Crippen molar-refractivity contribution in [2.45, 2.75) is 32.2 Å². The summed E-state index contributed by atoms with van der Waals surface area (Å²) in [5.41, 5.74) is -1.29. The molecule has 0 aromatic heterocycles. The quantitative estimate of drug-likeness (QED) is 0.668. The Balaban J connectivity index is 1.72. The van der Waals surface area contributed by atoms with E-state index in [-0.39, 0.29) is 41.6 Å². The minimum Gasteiger partial charge on any atom is -0.376 e. The molecule has 1 aliphatic heterocycles. The number of halogens is 4. The smallest absolute Gasteiger partial charge is 0.376 e. The normalized spacial score (nSPS) is 18.9. The predicted octanol–water partition coefficient (Wildman–Crippen LogP) is 4.14. The molecule has 1 fully saturated rings. The Bertz CT molecular complexity index is 969. The molecule has 32 heavy (non-hydrogen) atoms. The number of rotatable bonds is 5. The van der Waals surface area contributed by atoms with Crippen LogP contribution >= 0.6 is 0 Å². The van der Waals surface area contributed by atoms with E-state index in [0.717, 1.165) is 24.3 Å². The molecule has 0 bridgehead atoms. The van der Waals surface area contributed by atoms with Crippen LogP contribution in [0, 0.1) is 5.82 Å². The number of nitrogens with zero attached hydrogens (tertiary/aromatic N) is 1. The number of carbonyl (C=O) groups is 2. The molecule has 1 saturated heterocycles. The molecule has 0 spiro atoms. The van der Waals surface area contributed by atoms with Crippen LogP contribution in [0.15, 0.2) is 42.5 Å². The maximum absolute atomic E-state index is 13.6. The van der Waals surface area contributed by atoms with Crippen molar-refractivity contribution in [2.75, 3.05) is 30.3 Å². The van der Waals surface area contributed by atoms with E-state index in [9.17, 15) is 27.2 Å². The van der Waals surface area contributed by atoms with Gasteiger partial charge in [0, 0.05) is 30.0 Å². The van der Waals surface area contributed by atoms with Crippen LogP contribution in [0.5, 0.6) is 0 Å². The van der Waals surface area contributed by atoms with Crippen molar-refractivity contribution in [3.63, 3.8) is 0 Å². The Morgan fingerprint density at radius 3 is 2.28 bits per heavy atom. The van der Waals surface area contributed by atoms with Gasteiger partial charge in [0.2, 0.25) is 5.91 Å². The Hall–Kier alpha value is -3.14. The summed E-state index contributed by atoms with van der Waals surface area (Å²) in [6, 6.07) is 7.84. The number of amides is 2. The van der Waals surface area contributed by atoms with Gasteiger partial charge in [0.15, 0.2) is 0 Å². The lowest BCUT2D eigenvalue weighted by Crippen LogP contribution is -2.49. The van der Waals surface area contributed by atoms with Crippen LogP contribution in [-0.2, 0) is 15.7 Å². The highest BCUT2D eigenvalue weighted by Crippen LogP contribution is 2.36. The van der Waals surface area contributed by atoms with Gasteiger partial charge < -0.3 is 20.3 Å². The number of ether oxygens (including phenoxy) is 1. The minimum atomic E-state index is -4.72. The van der Waals surface area contributed by atoms with Gasteiger partial charge in [-0.25, -0.2) is 4.39 Å². The molecule has 1 heterocycles. The third-order valence-electron chi connectivity index (χ3n) is 4.89. The van der Waals surface area contributed by atoms with Crippen molar-refractivity contribution in [3.05, 3.63) is 59.4 Å². The van der Waals surface area contributed by atoms with Crippen molar-refractivity contribution in [1.82, 2.24) is 4.90 Å². The molecule has 0 radical (unpaired) electrons. The molecule has 0 saturated carbocycles. The summed E-state index contributed by atoms with van der Waals surface area (Å²) in [4.78, 5) is 26.2. The summed E-state index contributed by atoms with van der Waals surface area (Å²) in [5, 5.41) is 4.92. The van der Waals surface area contributed by atoms with Crippen LogP contribution in [-0.4, -0.2) is 48.6 Å². The summed E-state index contributed by atoms with van der Waals surface area (Å²) >= 11 is 0. The Morgan fingerprint density at radius 2 is 1.69 bits per heavy atom. The Kier molecular flexibility index (Phi) is 7.02. The second-order valence-electron chi connectivity index (χ2n) is 7.63. The van der Waals surface area contributed by atoms with Crippen LogP contribution in [0.25, 0.3) is 0 Å². The first-order chi connectivity index (χ1) is 15.0. The lowest BCUT2D eigenvalue weighted by atomic mass is 10.1. The second-order valence-corrected chi connectivity index (χ2v) is 7.63. The van der Waals surface area contributed by atoms with Crippen LogP contribution in [0.2, 0.25) is 0 Å². The number of benzene rings is 2. The topological polar surface area (TPSA) is 70.7 Å². The number of anilines is 2. The fraction of sp³-hybridized carbons (Fsp3) is 0.364. The van der Waals surface area contributed by atoms with Gasteiger partial charge in [-0.15, -0.1) is 0 Å². The summed E-state index contributed by atoms with van der Waals surface area (Å²) < 4.78 is 59.4. The van der Waals surface area contributed by atoms with Crippen LogP contribution in [0.1, 0.15) is 29.8 Å². The molecule has 0 aliphatic carbocycles. The molecule has 172 valence electrons. The highest BCUT2D eigenvalue weighted by molar-refractivity contribution is 6.04. The van der Waals surface area contributed by atoms with Gasteiger partial charge in [0.25, 0.3) is 5.91 Å². The summed E-state index contributed by atoms with van der Waals surface area (Å²) in [5.74, 6) is -1.55. The van der Waals surface area contributed by atoms with E-state index >= 15 is 0 Å². The monoisotopic (exact) mass is 453 g/mol.